The molecule has 0 radical (unpaired) electrons. The monoisotopic (exact) mass is 274 g/mol. The summed E-state index contributed by atoms with van der Waals surface area (Å²) in [5.74, 6) is 0. The zero-order valence-electron chi connectivity index (χ0n) is 11.3. The largest absolute Gasteiger partial charge is 0.382 e. The van der Waals surface area contributed by atoms with E-state index in [4.69, 9.17) is 0 Å². The molecule has 0 unspecified atom stereocenters. The van der Waals surface area contributed by atoms with Crippen molar-refractivity contribution in [3.63, 3.8) is 0 Å². The average molecular weight is 274 g/mol. The van der Waals surface area contributed by atoms with Gasteiger partial charge in [-0.15, -0.1) is 0 Å². The first kappa shape index (κ1) is 15.0. The summed E-state index contributed by atoms with van der Waals surface area (Å²) in [4.78, 5) is 36.7. The van der Waals surface area contributed by atoms with E-state index in [1.807, 2.05) is 0 Å². The van der Waals surface area contributed by atoms with Crippen LogP contribution >= 0.6 is 0 Å². The molecule has 19 heavy (non-hydrogen) atoms. The van der Waals surface area contributed by atoms with E-state index in [1.165, 1.54) is 6.20 Å². The Morgan fingerprint density at radius 2 is 2.11 bits per heavy atom. The zero-order chi connectivity index (χ0) is 14.3. The molecule has 0 atom stereocenters. The van der Waals surface area contributed by atoms with Crippen LogP contribution in [0.15, 0.2) is 15.8 Å². The summed E-state index contributed by atoms with van der Waals surface area (Å²) in [6.07, 6.45) is 5.36. The van der Waals surface area contributed by atoms with E-state index in [0.29, 0.717) is 6.54 Å². The molecule has 1 heterocycles. The lowest BCUT2D eigenvalue weighted by Gasteiger charge is -2.08. The Labute approximate surface area is 115 Å². The number of nitrogens with one attached hydrogen (secondary N) is 3. The van der Waals surface area contributed by atoms with Crippen LogP contribution in [0.25, 0.3) is 0 Å². The summed E-state index contributed by atoms with van der Waals surface area (Å²) >= 11 is 0. The highest BCUT2D eigenvalue weighted by atomic mass is 16.2. The van der Waals surface area contributed by atoms with Gasteiger partial charge in [0.05, 0.1) is 0 Å². The molecular formula is C12H26N4O3. The van der Waals surface area contributed by atoms with Gasteiger partial charge in [-0.05, 0) is 6.42 Å². The van der Waals surface area contributed by atoms with Crippen LogP contribution in [0.1, 0.15) is 36.9 Å². The molecular weight excluding hydrogens is 248 g/mol. The highest BCUT2D eigenvalue weighted by molar-refractivity contribution is 5.76. The van der Waals surface area contributed by atoms with Crippen molar-refractivity contribution in [1.29, 1.82) is 0 Å². The van der Waals surface area contributed by atoms with E-state index < -0.39 is 17.3 Å². The molecule has 0 aliphatic rings. The fraction of sp³-hybridized carbons (Fsp3) is 0.583. The maximum atomic E-state index is 11.8. The minimum absolute atomic E-state index is 0. The first-order valence-corrected chi connectivity index (χ1v) is 6.42. The summed E-state index contributed by atoms with van der Waals surface area (Å²) < 4.78 is 0.854. The Kier molecular flexibility index (Phi) is 5.84. The smallest absolute Gasteiger partial charge is 0.336 e. The fourth-order valence-corrected chi connectivity index (χ4v) is 1.63. The highest BCUT2D eigenvalue weighted by Crippen LogP contribution is 1.97. The van der Waals surface area contributed by atoms with Gasteiger partial charge in [0.25, 0.3) is 5.56 Å². The molecule has 112 valence electrons. The Morgan fingerprint density at radius 3 is 2.74 bits per heavy atom. The van der Waals surface area contributed by atoms with E-state index >= 15 is 0 Å². The van der Waals surface area contributed by atoms with Crippen molar-refractivity contribution in [2.75, 3.05) is 18.9 Å². The Hall–Kier alpha value is -2.05. The van der Waals surface area contributed by atoms with Gasteiger partial charge in [-0.1, -0.05) is 26.2 Å². The molecule has 1 rings (SSSR count). The van der Waals surface area contributed by atoms with E-state index in [9.17, 15) is 14.4 Å². The number of carbonyl (C=O) groups is 1. The molecule has 0 spiro atoms. The lowest BCUT2D eigenvalue weighted by atomic mass is 10.2. The molecule has 0 bridgehead atoms. The number of H-pyrrole nitrogens is 1. The van der Waals surface area contributed by atoms with Gasteiger partial charge >= 0.3 is 11.7 Å². The van der Waals surface area contributed by atoms with Crippen LogP contribution in [0.3, 0.4) is 0 Å². The van der Waals surface area contributed by atoms with Crippen molar-refractivity contribution in [2.45, 2.75) is 32.6 Å². The van der Waals surface area contributed by atoms with Gasteiger partial charge < -0.3 is 10.6 Å². The second kappa shape index (κ2) is 7.40. The molecule has 7 heteroatoms. The zero-order valence-corrected chi connectivity index (χ0v) is 11.3. The number of hydrogen-bond donors (Lipinski definition) is 3. The number of hydrogen-bond acceptors (Lipinski definition) is 4. The van der Waals surface area contributed by atoms with Gasteiger partial charge in [-0.3, -0.25) is 9.78 Å². The first-order valence-electron chi connectivity index (χ1n) is 6.42. The van der Waals surface area contributed by atoms with E-state index in [-0.39, 0.29) is 9.97 Å². The Morgan fingerprint density at radius 1 is 1.37 bits per heavy atom. The summed E-state index contributed by atoms with van der Waals surface area (Å²) in [6.45, 7) is 2.62. The van der Waals surface area contributed by atoms with E-state index in [1.54, 1.807) is 7.05 Å². The molecule has 0 saturated carbocycles. The molecule has 1 aromatic heterocycles. The van der Waals surface area contributed by atoms with Crippen LogP contribution in [0.5, 0.6) is 0 Å². The average Bonchev–Trinajstić information content (AvgIpc) is 2.38. The normalized spacial score (nSPS) is 10.2. The number of aromatic nitrogens is 2. The maximum Gasteiger partial charge on any atom is 0.336 e. The topological polar surface area (TPSA) is 96.0 Å². The van der Waals surface area contributed by atoms with Gasteiger partial charge in [-0.2, -0.15) is 0 Å². The molecule has 1 aromatic rings. The minimum Gasteiger partial charge on any atom is -0.382 e. The Bertz CT molecular complexity index is 545. The predicted octanol–water partition coefficient (Wildman–Crippen LogP) is 1.45. The van der Waals surface area contributed by atoms with Gasteiger partial charge in [0, 0.05) is 24.1 Å². The molecule has 0 aromatic carbocycles. The molecule has 0 fully saturated rings. The van der Waals surface area contributed by atoms with Crippen LogP contribution in [-0.4, -0.2) is 29.2 Å². The van der Waals surface area contributed by atoms with Crippen LogP contribution in [0.2, 0.25) is 0 Å². The summed E-state index contributed by atoms with van der Waals surface area (Å²) in [5, 5.41) is 5.26. The third kappa shape index (κ3) is 4.27. The standard InChI is InChI=1S/C12H20N4O3.3H2/c1-3-4-5-6-7-14-11(18)16-8-9(13-2)10(17)15-12(16)19;;;/h8,13H,3-7H2,1-2H3,(H,14,18)(H,15,17,19);3*1H. The quantitative estimate of drug-likeness (QED) is 0.684. The van der Waals surface area contributed by atoms with Crippen LogP contribution < -0.4 is 21.9 Å². The van der Waals surface area contributed by atoms with E-state index in [0.717, 1.165) is 30.3 Å². The van der Waals surface area contributed by atoms with Crippen LogP contribution in [0, 0.1) is 0 Å². The van der Waals surface area contributed by atoms with Crippen molar-refractivity contribution >= 4 is 11.7 Å². The lowest BCUT2D eigenvalue weighted by molar-refractivity contribution is 0.241. The first-order chi connectivity index (χ1) is 9.10. The van der Waals surface area contributed by atoms with Crippen LogP contribution in [0.4, 0.5) is 10.5 Å². The van der Waals surface area contributed by atoms with Gasteiger partial charge in [0.15, 0.2) is 0 Å². The lowest BCUT2D eigenvalue weighted by Crippen LogP contribution is -2.40. The number of aromatic amines is 1. The van der Waals surface area contributed by atoms with Gasteiger partial charge in [-0.25, -0.2) is 14.2 Å². The molecule has 0 aliphatic carbocycles. The predicted molar refractivity (Wildman–Crippen MR) is 80.2 cm³/mol. The van der Waals surface area contributed by atoms with Crippen molar-refractivity contribution in [3.8, 4) is 0 Å². The SMILES string of the molecule is CCCCCCNC(=O)n1cc(NC)c(=O)[nH]c1=O.[HH].[HH].[HH]. The molecule has 0 aliphatic heterocycles. The summed E-state index contributed by atoms with van der Waals surface area (Å²) in [7, 11) is 1.54. The number of rotatable bonds is 6. The number of amides is 1. The van der Waals surface area contributed by atoms with Crippen LogP contribution in [-0.2, 0) is 0 Å². The van der Waals surface area contributed by atoms with Crippen molar-refractivity contribution in [3.05, 3.63) is 27.0 Å². The number of anilines is 1. The van der Waals surface area contributed by atoms with E-state index in [2.05, 4.69) is 22.5 Å². The second-order valence-electron chi connectivity index (χ2n) is 4.21. The molecule has 3 N–H and O–H groups in total. The minimum atomic E-state index is -0.741. The third-order valence-electron chi connectivity index (χ3n) is 2.74. The highest BCUT2D eigenvalue weighted by Gasteiger charge is 2.09. The number of carbonyl (C=O) groups excluding carboxylic acids is 1. The Balaban J connectivity index is -0.00000120. The van der Waals surface area contributed by atoms with Crippen molar-refractivity contribution in [2.24, 2.45) is 0 Å². The second-order valence-corrected chi connectivity index (χ2v) is 4.21. The molecule has 1 amide bonds. The fourth-order valence-electron chi connectivity index (χ4n) is 1.63. The van der Waals surface area contributed by atoms with Gasteiger partial charge in [0.2, 0.25) is 0 Å². The summed E-state index contributed by atoms with van der Waals surface area (Å²) in [6, 6.07) is -0.533. The van der Waals surface area contributed by atoms with Gasteiger partial charge in [0.1, 0.15) is 5.69 Å². The number of unbranched alkanes of at least 4 members (excludes halogenated alkanes) is 3. The summed E-state index contributed by atoms with van der Waals surface area (Å²) in [5.41, 5.74) is -1.12. The molecule has 0 saturated heterocycles. The number of nitrogens with zero attached hydrogens (tertiary/aromatic N) is 1. The third-order valence-corrected chi connectivity index (χ3v) is 2.74. The van der Waals surface area contributed by atoms with Crippen molar-refractivity contribution < 1.29 is 9.07 Å². The molecule has 7 nitrogen and oxygen atoms in total. The maximum absolute atomic E-state index is 11.8. The van der Waals surface area contributed by atoms with Crippen molar-refractivity contribution in [1.82, 2.24) is 14.9 Å².